The van der Waals surface area contributed by atoms with Crippen molar-refractivity contribution >= 4 is 5.91 Å². The Morgan fingerprint density at radius 2 is 2.17 bits per heavy atom. The summed E-state index contributed by atoms with van der Waals surface area (Å²) in [6.45, 7) is 1.25. The topological polar surface area (TPSA) is 64.2 Å². The number of furan rings is 1. The van der Waals surface area contributed by atoms with Crippen molar-refractivity contribution in [3.63, 3.8) is 0 Å². The minimum absolute atomic E-state index is 0.0263. The Balaban J connectivity index is 1.52. The van der Waals surface area contributed by atoms with Crippen LogP contribution < -0.4 is 0 Å². The molecule has 0 radical (unpaired) electrons. The SMILES string of the molecule is O=C(c1ccc(Cn2cccn2)o1)N1CCC[C@H]1c1ccccn1. The summed E-state index contributed by atoms with van der Waals surface area (Å²) in [4.78, 5) is 19.1. The fourth-order valence-corrected chi connectivity index (χ4v) is 3.16. The Kier molecular flexibility index (Phi) is 3.86. The monoisotopic (exact) mass is 322 g/mol. The molecule has 0 N–H and O–H groups in total. The summed E-state index contributed by atoms with van der Waals surface area (Å²) in [7, 11) is 0. The molecule has 3 aromatic rings. The molecule has 3 aromatic heterocycles. The number of rotatable bonds is 4. The van der Waals surface area contributed by atoms with E-state index in [1.165, 1.54) is 0 Å². The summed E-state index contributed by atoms with van der Waals surface area (Å²) in [5.74, 6) is 1.02. The lowest BCUT2D eigenvalue weighted by molar-refractivity contribution is 0.0698. The van der Waals surface area contributed by atoms with E-state index in [1.54, 1.807) is 23.1 Å². The molecule has 4 heterocycles. The molecule has 0 aromatic carbocycles. The molecule has 6 nitrogen and oxygen atoms in total. The van der Waals surface area contributed by atoms with Crippen LogP contribution in [0.25, 0.3) is 0 Å². The molecular weight excluding hydrogens is 304 g/mol. The molecule has 0 aliphatic carbocycles. The first-order chi connectivity index (χ1) is 11.8. The highest BCUT2D eigenvalue weighted by atomic mass is 16.4. The summed E-state index contributed by atoms with van der Waals surface area (Å²) in [6.07, 6.45) is 7.26. The Bertz CT molecular complexity index is 811. The fraction of sp³-hybridized carbons (Fsp3) is 0.278. The molecule has 4 rings (SSSR count). The zero-order chi connectivity index (χ0) is 16.4. The van der Waals surface area contributed by atoms with Crippen LogP contribution in [0, 0.1) is 0 Å². The Morgan fingerprint density at radius 1 is 1.21 bits per heavy atom. The van der Waals surface area contributed by atoms with Crippen LogP contribution in [0.4, 0.5) is 0 Å². The molecule has 122 valence electrons. The lowest BCUT2D eigenvalue weighted by atomic mass is 10.1. The van der Waals surface area contributed by atoms with Crippen LogP contribution in [0.15, 0.2) is 59.4 Å². The van der Waals surface area contributed by atoms with E-state index in [-0.39, 0.29) is 11.9 Å². The van der Waals surface area contributed by atoms with Crippen molar-refractivity contribution in [2.75, 3.05) is 6.54 Å². The number of carbonyl (C=O) groups excluding carboxylic acids is 1. The van der Waals surface area contributed by atoms with Crippen LogP contribution in [0.5, 0.6) is 0 Å². The van der Waals surface area contributed by atoms with Gasteiger partial charge in [0, 0.05) is 25.1 Å². The molecule has 0 unspecified atom stereocenters. The number of amides is 1. The highest BCUT2D eigenvalue weighted by Crippen LogP contribution is 2.32. The van der Waals surface area contributed by atoms with Gasteiger partial charge in [-0.25, -0.2) is 0 Å². The largest absolute Gasteiger partial charge is 0.454 e. The predicted molar refractivity (Wildman–Crippen MR) is 87.3 cm³/mol. The van der Waals surface area contributed by atoms with Crippen molar-refractivity contribution in [1.82, 2.24) is 19.7 Å². The van der Waals surface area contributed by atoms with E-state index in [0.717, 1.165) is 30.8 Å². The van der Waals surface area contributed by atoms with Crippen molar-refractivity contribution in [1.29, 1.82) is 0 Å². The first kappa shape index (κ1) is 14.7. The Labute approximate surface area is 139 Å². The van der Waals surface area contributed by atoms with E-state index in [2.05, 4.69) is 10.1 Å². The highest BCUT2D eigenvalue weighted by molar-refractivity contribution is 5.92. The van der Waals surface area contributed by atoms with E-state index in [4.69, 9.17) is 4.42 Å². The first-order valence-corrected chi connectivity index (χ1v) is 8.09. The van der Waals surface area contributed by atoms with Crippen molar-refractivity contribution in [3.8, 4) is 0 Å². The van der Waals surface area contributed by atoms with Gasteiger partial charge in [0.2, 0.25) is 0 Å². The molecule has 1 aliphatic rings. The van der Waals surface area contributed by atoms with Crippen LogP contribution in [0.1, 0.15) is 40.9 Å². The third-order valence-electron chi connectivity index (χ3n) is 4.29. The van der Waals surface area contributed by atoms with E-state index < -0.39 is 0 Å². The van der Waals surface area contributed by atoms with Gasteiger partial charge in [0.25, 0.3) is 5.91 Å². The maximum absolute atomic E-state index is 12.8. The highest BCUT2D eigenvalue weighted by Gasteiger charge is 2.32. The summed E-state index contributed by atoms with van der Waals surface area (Å²) < 4.78 is 7.51. The summed E-state index contributed by atoms with van der Waals surface area (Å²) >= 11 is 0. The number of nitrogens with zero attached hydrogens (tertiary/aromatic N) is 4. The minimum Gasteiger partial charge on any atom is -0.454 e. The molecule has 1 fully saturated rings. The quantitative estimate of drug-likeness (QED) is 0.741. The molecule has 0 saturated carbocycles. The van der Waals surface area contributed by atoms with E-state index >= 15 is 0 Å². The van der Waals surface area contributed by atoms with Gasteiger partial charge in [0.05, 0.1) is 18.3 Å². The molecule has 6 heteroatoms. The van der Waals surface area contributed by atoms with E-state index in [1.807, 2.05) is 41.4 Å². The Hall–Kier alpha value is -2.89. The summed E-state index contributed by atoms with van der Waals surface area (Å²) in [6, 6.07) is 11.3. The van der Waals surface area contributed by atoms with Gasteiger partial charge in [-0.3, -0.25) is 14.5 Å². The average molecular weight is 322 g/mol. The number of pyridine rings is 1. The maximum atomic E-state index is 12.8. The molecule has 1 saturated heterocycles. The molecule has 24 heavy (non-hydrogen) atoms. The smallest absolute Gasteiger partial charge is 0.290 e. The summed E-state index contributed by atoms with van der Waals surface area (Å²) in [5.41, 5.74) is 0.937. The van der Waals surface area contributed by atoms with Crippen LogP contribution in [-0.2, 0) is 6.54 Å². The molecule has 1 aliphatic heterocycles. The standard InChI is InChI=1S/C18H18N4O2/c23-18(17-8-7-14(24-17)13-21-11-4-10-20-21)22-12-3-6-16(22)15-5-1-2-9-19-15/h1-2,4-5,7-11,16H,3,6,12-13H2/t16-/m0/s1. The number of hydrogen-bond acceptors (Lipinski definition) is 4. The van der Waals surface area contributed by atoms with Crippen molar-refractivity contribution in [3.05, 3.63) is 72.2 Å². The second kappa shape index (κ2) is 6.31. The van der Waals surface area contributed by atoms with Crippen LogP contribution in [-0.4, -0.2) is 32.1 Å². The summed E-state index contributed by atoms with van der Waals surface area (Å²) in [5, 5.41) is 4.15. The van der Waals surface area contributed by atoms with Crippen molar-refractivity contribution < 1.29 is 9.21 Å². The van der Waals surface area contributed by atoms with Gasteiger partial charge in [-0.15, -0.1) is 0 Å². The Morgan fingerprint density at radius 3 is 2.96 bits per heavy atom. The molecule has 1 atom stereocenters. The van der Waals surface area contributed by atoms with Gasteiger partial charge in [0.15, 0.2) is 5.76 Å². The molecule has 0 spiro atoms. The molecule has 0 bridgehead atoms. The lowest BCUT2D eigenvalue weighted by Crippen LogP contribution is -2.30. The lowest BCUT2D eigenvalue weighted by Gasteiger charge is -2.23. The molecular formula is C18H18N4O2. The average Bonchev–Trinajstić information content (AvgIpc) is 3.37. The van der Waals surface area contributed by atoms with Gasteiger partial charge < -0.3 is 9.32 Å². The molecule has 1 amide bonds. The van der Waals surface area contributed by atoms with Gasteiger partial charge in [-0.05, 0) is 43.2 Å². The number of aromatic nitrogens is 3. The number of likely N-dealkylation sites (tertiary alicyclic amines) is 1. The fourth-order valence-electron chi connectivity index (χ4n) is 3.16. The zero-order valence-corrected chi connectivity index (χ0v) is 13.2. The van der Waals surface area contributed by atoms with Gasteiger partial charge in [-0.1, -0.05) is 6.07 Å². The van der Waals surface area contributed by atoms with Crippen molar-refractivity contribution in [2.24, 2.45) is 0 Å². The first-order valence-electron chi connectivity index (χ1n) is 8.09. The maximum Gasteiger partial charge on any atom is 0.290 e. The van der Waals surface area contributed by atoms with E-state index in [9.17, 15) is 4.79 Å². The normalized spacial score (nSPS) is 17.3. The van der Waals surface area contributed by atoms with Crippen molar-refractivity contribution in [2.45, 2.75) is 25.4 Å². The second-order valence-corrected chi connectivity index (χ2v) is 5.88. The number of carbonyl (C=O) groups is 1. The second-order valence-electron chi connectivity index (χ2n) is 5.88. The van der Waals surface area contributed by atoms with Crippen LogP contribution >= 0.6 is 0 Å². The third kappa shape index (κ3) is 2.82. The third-order valence-corrected chi connectivity index (χ3v) is 4.29. The van der Waals surface area contributed by atoms with Gasteiger partial charge in [0.1, 0.15) is 5.76 Å². The predicted octanol–water partition coefficient (Wildman–Crippen LogP) is 2.90. The zero-order valence-electron chi connectivity index (χ0n) is 13.2. The minimum atomic E-state index is -0.0742. The van der Waals surface area contributed by atoms with E-state index in [0.29, 0.717) is 12.3 Å². The van der Waals surface area contributed by atoms with Crippen LogP contribution in [0.3, 0.4) is 0 Å². The van der Waals surface area contributed by atoms with Gasteiger partial charge in [-0.2, -0.15) is 5.10 Å². The van der Waals surface area contributed by atoms with Gasteiger partial charge >= 0.3 is 0 Å². The van der Waals surface area contributed by atoms with Crippen LogP contribution in [0.2, 0.25) is 0 Å². The number of hydrogen-bond donors (Lipinski definition) is 0.